The Morgan fingerprint density at radius 1 is 1.29 bits per heavy atom. The van der Waals surface area contributed by atoms with E-state index in [1.165, 1.54) is 18.4 Å². The fraction of sp³-hybridized carbons (Fsp3) is 0.368. The van der Waals surface area contributed by atoms with Gasteiger partial charge in [0.2, 0.25) is 0 Å². The molecule has 0 unspecified atom stereocenters. The van der Waals surface area contributed by atoms with Gasteiger partial charge in [-0.3, -0.25) is 14.4 Å². The van der Waals surface area contributed by atoms with Gasteiger partial charge in [0.1, 0.15) is 0 Å². The van der Waals surface area contributed by atoms with Crippen molar-refractivity contribution in [3.63, 3.8) is 0 Å². The fourth-order valence-electron chi connectivity index (χ4n) is 3.26. The van der Waals surface area contributed by atoms with Crippen LogP contribution in [-0.4, -0.2) is 25.7 Å². The summed E-state index contributed by atoms with van der Waals surface area (Å²) >= 11 is 0. The Morgan fingerprint density at radius 3 is 2.83 bits per heavy atom. The van der Waals surface area contributed by atoms with Crippen LogP contribution in [0.5, 0.6) is 0 Å². The van der Waals surface area contributed by atoms with Gasteiger partial charge in [-0.25, -0.2) is 0 Å². The Balaban J connectivity index is 1.61. The first-order valence-electron chi connectivity index (χ1n) is 8.42. The first-order valence-corrected chi connectivity index (χ1v) is 8.42. The number of H-pyrrole nitrogens is 1. The van der Waals surface area contributed by atoms with Crippen molar-refractivity contribution in [2.45, 2.75) is 38.9 Å². The second-order valence-electron chi connectivity index (χ2n) is 6.87. The maximum absolute atomic E-state index is 12.4. The summed E-state index contributed by atoms with van der Waals surface area (Å²) in [5.41, 5.74) is 4.31. The standard InChI is InChI=1S/C19H22N4O/c1-13-3-6-18-17(7-13)19(24)8-15(21-18)12-23(16-4-5-16)11-14-9-20-22(2)10-14/h3,6-10,16H,4-5,11-12H2,1-2H3,(H,21,24). The zero-order valence-corrected chi connectivity index (χ0v) is 14.1. The lowest BCUT2D eigenvalue weighted by molar-refractivity contribution is 0.243. The molecule has 2 heterocycles. The van der Waals surface area contributed by atoms with Crippen LogP contribution < -0.4 is 5.43 Å². The first-order chi connectivity index (χ1) is 11.6. The Bertz CT molecular complexity index is 936. The van der Waals surface area contributed by atoms with Gasteiger partial charge in [0.05, 0.1) is 6.20 Å². The maximum atomic E-state index is 12.4. The molecule has 0 bridgehead atoms. The van der Waals surface area contributed by atoms with E-state index in [0.717, 1.165) is 35.2 Å². The van der Waals surface area contributed by atoms with Crippen molar-refractivity contribution in [1.29, 1.82) is 0 Å². The van der Waals surface area contributed by atoms with Crippen LogP contribution in [0.2, 0.25) is 0 Å². The van der Waals surface area contributed by atoms with Gasteiger partial charge >= 0.3 is 0 Å². The summed E-state index contributed by atoms with van der Waals surface area (Å²) in [4.78, 5) is 18.3. The largest absolute Gasteiger partial charge is 0.357 e. The number of hydrogen-bond acceptors (Lipinski definition) is 3. The molecule has 1 aromatic carbocycles. The number of nitrogens with one attached hydrogen (secondary N) is 1. The summed E-state index contributed by atoms with van der Waals surface area (Å²) in [5, 5.41) is 5.02. The lowest BCUT2D eigenvalue weighted by Crippen LogP contribution is -2.26. The summed E-state index contributed by atoms with van der Waals surface area (Å²) < 4.78 is 1.83. The summed E-state index contributed by atoms with van der Waals surface area (Å²) in [6.45, 7) is 3.64. The number of aromatic amines is 1. The molecule has 1 fully saturated rings. The zero-order valence-electron chi connectivity index (χ0n) is 14.1. The molecule has 2 aromatic heterocycles. The number of nitrogens with zero attached hydrogens (tertiary/aromatic N) is 3. The Labute approximate surface area is 140 Å². The van der Waals surface area contributed by atoms with Crippen LogP contribution in [0.4, 0.5) is 0 Å². The Hall–Kier alpha value is -2.40. The third kappa shape index (κ3) is 3.12. The Kier molecular flexibility index (Phi) is 3.73. The van der Waals surface area contributed by atoms with E-state index in [2.05, 4.69) is 21.2 Å². The number of pyridine rings is 1. The van der Waals surface area contributed by atoms with Crippen molar-refractivity contribution >= 4 is 10.9 Å². The molecule has 0 spiro atoms. The lowest BCUT2D eigenvalue weighted by Gasteiger charge is -2.21. The van der Waals surface area contributed by atoms with E-state index >= 15 is 0 Å². The molecule has 0 aliphatic heterocycles. The summed E-state index contributed by atoms with van der Waals surface area (Å²) in [5.74, 6) is 0. The predicted molar refractivity (Wildman–Crippen MR) is 94.8 cm³/mol. The molecule has 5 heteroatoms. The highest BCUT2D eigenvalue weighted by molar-refractivity contribution is 5.79. The minimum absolute atomic E-state index is 0.0968. The zero-order chi connectivity index (χ0) is 16.7. The molecule has 0 saturated heterocycles. The maximum Gasteiger partial charge on any atom is 0.189 e. The van der Waals surface area contributed by atoms with Crippen molar-refractivity contribution in [2.24, 2.45) is 7.05 Å². The molecule has 124 valence electrons. The van der Waals surface area contributed by atoms with Gasteiger partial charge in [-0.1, -0.05) is 11.6 Å². The van der Waals surface area contributed by atoms with Gasteiger partial charge in [-0.2, -0.15) is 5.10 Å². The van der Waals surface area contributed by atoms with Gasteiger partial charge in [-0.15, -0.1) is 0 Å². The van der Waals surface area contributed by atoms with Gasteiger partial charge in [0.25, 0.3) is 0 Å². The minimum atomic E-state index is 0.0968. The molecular formula is C19H22N4O. The summed E-state index contributed by atoms with van der Waals surface area (Å²) in [6, 6.07) is 8.35. The minimum Gasteiger partial charge on any atom is -0.357 e. The highest BCUT2D eigenvalue weighted by Crippen LogP contribution is 2.29. The van der Waals surface area contributed by atoms with Crippen molar-refractivity contribution < 1.29 is 0 Å². The summed E-state index contributed by atoms with van der Waals surface area (Å²) in [7, 11) is 1.94. The molecule has 0 amide bonds. The molecular weight excluding hydrogens is 300 g/mol. The third-order valence-electron chi connectivity index (χ3n) is 4.62. The van der Waals surface area contributed by atoms with Crippen LogP contribution in [-0.2, 0) is 20.1 Å². The fourth-order valence-corrected chi connectivity index (χ4v) is 3.26. The van der Waals surface area contributed by atoms with Crippen molar-refractivity contribution in [3.8, 4) is 0 Å². The topological polar surface area (TPSA) is 53.9 Å². The molecule has 1 aliphatic carbocycles. The van der Waals surface area contributed by atoms with Crippen molar-refractivity contribution in [2.75, 3.05) is 0 Å². The molecule has 0 radical (unpaired) electrons. The van der Waals surface area contributed by atoms with E-state index in [1.54, 1.807) is 6.07 Å². The second kappa shape index (κ2) is 5.91. The van der Waals surface area contributed by atoms with Crippen molar-refractivity contribution in [1.82, 2.24) is 19.7 Å². The SMILES string of the molecule is Cc1ccc2[nH]c(CN(Cc3cnn(C)c3)C3CC3)cc(=O)c2c1. The molecule has 1 saturated carbocycles. The first kappa shape index (κ1) is 15.1. The number of aryl methyl sites for hydroxylation is 2. The van der Waals surface area contributed by atoms with E-state index < -0.39 is 0 Å². The van der Waals surface area contributed by atoms with Crippen LogP contribution in [0, 0.1) is 6.92 Å². The van der Waals surface area contributed by atoms with Crippen LogP contribution in [0.15, 0.2) is 41.5 Å². The molecule has 4 rings (SSSR count). The number of rotatable bonds is 5. The molecule has 1 aliphatic rings. The van der Waals surface area contributed by atoms with Gasteiger partial charge in [0.15, 0.2) is 5.43 Å². The predicted octanol–water partition coefficient (Wildman–Crippen LogP) is 2.73. The average Bonchev–Trinajstić information content (AvgIpc) is 3.31. The van der Waals surface area contributed by atoms with E-state index in [1.807, 2.05) is 43.0 Å². The van der Waals surface area contributed by atoms with Gasteiger partial charge in [-0.05, 0) is 31.9 Å². The Morgan fingerprint density at radius 2 is 2.12 bits per heavy atom. The lowest BCUT2D eigenvalue weighted by atomic mass is 10.1. The van der Waals surface area contributed by atoms with Crippen molar-refractivity contribution in [3.05, 3.63) is 63.7 Å². The second-order valence-corrected chi connectivity index (χ2v) is 6.87. The number of fused-ring (bicyclic) bond motifs is 1. The van der Waals surface area contributed by atoms with Gasteiger partial charge < -0.3 is 4.98 Å². The number of benzene rings is 1. The van der Waals surface area contributed by atoms with E-state index in [4.69, 9.17) is 0 Å². The van der Waals surface area contributed by atoms with E-state index in [-0.39, 0.29) is 5.43 Å². The van der Waals surface area contributed by atoms with Crippen LogP contribution >= 0.6 is 0 Å². The van der Waals surface area contributed by atoms with Crippen LogP contribution in [0.25, 0.3) is 10.9 Å². The monoisotopic (exact) mass is 322 g/mol. The highest BCUT2D eigenvalue weighted by atomic mass is 16.1. The molecule has 5 nitrogen and oxygen atoms in total. The smallest absolute Gasteiger partial charge is 0.189 e. The summed E-state index contributed by atoms with van der Waals surface area (Å²) in [6.07, 6.45) is 6.44. The molecule has 3 aromatic rings. The molecule has 0 atom stereocenters. The van der Waals surface area contributed by atoms with E-state index in [9.17, 15) is 4.79 Å². The van der Waals surface area contributed by atoms with Crippen LogP contribution in [0.3, 0.4) is 0 Å². The third-order valence-corrected chi connectivity index (χ3v) is 4.62. The highest BCUT2D eigenvalue weighted by Gasteiger charge is 2.29. The van der Waals surface area contributed by atoms with Crippen LogP contribution in [0.1, 0.15) is 29.7 Å². The van der Waals surface area contributed by atoms with Gasteiger partial charge in [0, 0.05) is 60.6 Å². The number of aromatic nitrogens is 3. The quantitative estimate of drug-likeness (QED) is 0.786. The molecule has 24 heavy (non-hydrogen) atoms. The normalized spacial score (nSPS) is 14.6. The number of hydrogen-bond donors (Lipinski definition) is 1. The van der Waals surface area contributed by atoms with E-state index in [0.29, 0.717) is 6.04 Å². The average molecular weight is 322 g/mol. The molecule has 1 N–H and O–H groups in total.